The second-order valence-electron chi connectivity index (χ2n) is 4.55. The highest BCUT2D eigenvalue weighted by molar-refractivity contribution is 5.76. The van der Waals surface area contributed by atoms with E-state index < -0.39 is 18.1 Å². The van der Waals surface area contributed by atoms with Gasteiger partial charge in [-0.1, -0.05) is 0 Å². The minimum absolute atomic E-state index is 0.0873. The molecule has 0 spiro atoms. The van der Waals surface area contributed by atoms with Crippen molar-refractivity contribution in [3.05, 3.63) is 0 Å². The van der Waals surface area contributed by atoms with Crippen LogP contribution < -0.4 is 5.73 Å². The maximum Gasteiger partial charge on any atom is 0.325 e. The number of hydrogen-bond donors (Lipinski definition) is 2. The number of rotatable bonds is 3. The van der Waals surface area contributed by atoms with Crippen LogP contribution in [0.1, 0.15) is 33.6 Å². The van der Waals surface area contributed by atoms with E-state index in [9.17, 15) is 9.90 Å². The van der Waals surface area contributed by atoms with E-state index in [1.54, 1.807) is 0 Å². The number of ether oxygens (including phenoxy) is 2. The average Bonchev–Trinajstić information content (AvgIpc) is 2.14. The summed E-state index contributed by atoms with van der Waals surface area (Å²) in [6, 6.07) is -0.964. The van der Waals surface area contributed by atoms with Crippen molar-refractivity contribution in [1.82, 2.24) is 0 Å². The molecule has 4 unspecified atom stereocenters. The highest BCUT2D eigenvalue weighted by Gasteiger charge is 2.29. The Kier molecular flexibility index (Phi) is 4.70. The molecule has 0 amide bonds. The summed E-state index contributed by atoms with van der Waals surface area (Å²) in [5, 5.41) is 9.17. The SMILES string of the molecule is CC1CC(OC(=O)C(N)C(C)O)CC(C)O1. The zero-order valence-corrected chi connectivity index (χ0v) is 10.1. The van der Waals surface area contributed by atoms with E-state index in [1.165, 1.54) is 6.92 Å². The Morgan fingerprint density at radius 3 is 2.38 bits per heavy atom. The summed E-state index contributed by atoms with van der Waals surface area (Å²) in [4.78, 5) is 11.5. The molecule has 1 aliphatic rings. The Balaban J connectivity index is 2.44. The Bertz CT molecular complexity index is 234. The summed E-state index contributed by atoms with van der Waals surface area (Å²) in [7, 11) is 0. The molecule has 4 atom stereocenters. The molecule has 0 aliphatic carbocycles. The van der Waals surface area contributed by atoms with Crippen LogP contribution in [0.15, 0.2) is 0 Å². The topological polar surface area (TPSA) is 81.8 Å². The van der Waals surface area contributed by atoms with Gasteiger partial charge in [0.25, 0.3) is 0 Å². The highest BCUT2D eigenvalue weighted by atomic mass is 16.6. The van der Waals surface area contributed by atoms with Gasteiger partial charge in [0, 0.05) is 12.8 Å². The van der Waals surface area contributed by atoms with Crippen molar-refractivity contribution in [1.29, 1.82) is 0 Å². The first-order valence-electron chi connectivity index (χ1n) is 5.69. The molecule has 1 saturated heterocycles. The lowest BCUT2D eigenvalue weighted by atomic mass is 10.0. The van der Waals surface area contributed by atoms with E-state index in [1.807, 2.05) is 13.8 Å². The van der Waals surface area contributed by atoms with Gasteiger partial charge in [-0.25, -0.2) is 0 Å². The molecule has 0 saturated carbocycles. The number of carbonyl (C=O) groups excluding carboxylic acids is 1. The lowest BCUT2D eigenvalue weighted by Crippen LogP contribution is -2.44. The van der Waals surface area contributed by atoms with Crippen molar-refractivity contribution in [2.24, 2.45) is 5.73 Å². The van der Waals surface area contributed by atoms with Crippen LogP contribution in [0.3, 0.4) is 0 Å². The van der Waals surface area contributed by atoms with Gasteiger partial charge in [0.2, 0.25) is 0 Å². The van der Waals surface area contributed by atoms with E-state index in [0.29, 0.717) is 12.8 Å². The van der Waals surface area contributed by atoms with Crippen LogP contribution in [0.2, 0.25) is 0 Å². The van der Waals surface area contributed by atoms with Gasteiger partial charge in [-0.3, -0.25) is 4.79 Å². The van der Waals surface area contributed by atoms with Crippen LogP contribution in [-0.4, -0.2) is 41.5 Å². The second-order valence-corrected chi connectivity index (χ2v) is 4.55. The van der Waals surface area contributed by atoms with Crippen molar-refractivity contribution < 1.29 is 19.4 Å². The zero-order chi connectivity index (χ0) is 12.3. The fourth-order valence-corrected chi connectivity index (χ4v) is 1.88. The molecule has 1 heterocycles. The molecule has 1 rings (SSSR count). The summed E-state index contributed by atoms with van der Waals surface area (Å²) in [6.45, 7) is 5.37. The first-order chi connectivity index (χ1) is 7.40. The van der Waals surface area contributed by atoms with Crippen LogP contribution >= 0.6 is 0 Å². The number of hydrogen-bond acceptors (Lipinski definition) is 5. The van der Waals surface area contributed by atoms with E-state index in [2.05, 4.69) is 0 Å². The third-order valence-corrected chi connectivity index (χ3v) is 2.73. The summed E-state index contributed by atoms with van der Waals surface area (Å²) >= 11 is 0. The minimum atomic E-state index is -0.964. The monoisotopic (exact) mass is 231 g/mol. The van der Waals surface area contributed by atoms with Gasteiger partial charge in [-0.05, 0) is 20.8 Å². The van der Waals surface area contributed by atoms with Crippen LogP contribution in [0, 0.1) is 0 Å². The Morgan fingerprint density at radius 2 is 1.94 bits per heavy atom. The van der Waals surface area contributed by atoms with Gasteiger partial charge in [0.1, 0.15) is 12.1 Å². The molecule has 94 valence electrons. The predicted molar refractivity (Wildman–Crippen MR) is 58.8 cm³/mol. The maximum atomic E-state index is 11.5. The molecular formula is C11H21NO4. The number of aliphatic hydroxyl groups excluding tert-OH is 1. The highest BCUT2D eigenvalue weighted by Crippen LogP contribution is 2.21. The Labute approximate surface area is 95.9 Å². The van der Waals surface area contributed by atoms with Crippen molar-refractivity contribution in [3.8, 4) is 0 Å². The second kappa shape index (κ2) is 5.61. The number of nitrogens with two attached hydrogens (primary N) is 1. The van der Waals surface area contributed by atoms with Gasteiger partial charge in [-0.2, -0.15) is 0 Å². The Hall–Kier alpha value is -0.650. The van der Waals surface area contributed by atoms with E-state index in [0.717, 1.165) is 0 Å². The quantitative estimate of drug-likeness (QED) is 0.678. The molecule has 1 aliphatic heterocycles. The molecule has 16 heavy (non-hydrogen) atoms. The molecule has 0 aromatic heterocycles. The normalized spacial score (nSPS) is 34.2. The molecule has 0 aromatic rings. The lowest BCUT2D eigenvalue weighted by Gasteiger charge is -2.32. The van der Waals surface area contributed by atoms with E-state index in [4.69, 9.17) is 15.2 Å². The number of esters is 1. The fourth-order valence-electron chi connectivity index (χ4n) is 1.88. The fraction of sp³-hybridized carbons (Fsp3) is 0.909. The van der Waals surface area contributed by atoms with Crippen LogP contribution in [0.4, 0.5) is 0 Å². The van der Waals surface area contributed by atoms with Crippen molar-refractivity contribution in [2.45, 2.75) is 64.1 Å². The molecule has 1 fully saturated rings. The third kappa shape index (κ3) is 3.73. The summed E-state index contributed by atoms with van der Waals surface area (Å²) in [6.07, 6.45) is 0.498. The minimum Gasteiger partial charge on any atom is -0.461 e. The van der Waals surface area contributed by atoms with Crippen molar-refractivity contribution in [2.75, 3.05) is 0 Å². The lowest BCUT2D eigenvalue weighted by molar-refractivity contribution is -0.163. The standard InChI is InChI=1S/C11H21NO4/c1-6-4-9(5-7(2)15-6)16-11(14)10(12)8(3)13/h6-10,13H,4-5,12H2,1-3H3. The molecular weight excluding hydrogens is 210 g/mol. The molecule has 3 N–H and O–H groups in total. The molecule has 0 aromatic carbocycles. The van der Waals surface area contributed by atoms with Crippen LogP contribution in [-0.2, 0) is 14.3 Å². The number of carbonyl (C=O) groups is 1. The summed E-state index contributed by atoms with van der Waals surface area (Å²) in [5.74, 6) is -0.540. The predicted octanol–water partition coefficient (Wildman–Crippen LogP) is 0.194. The molecule has 0 bridgehead atoms. The molecule has 5 nitrogen and oxygen atoms in total. The third-order valence-electron chi connectivity index (χ3n) is 2.73. The van der Waals surface area contributed by atoms with Gasteiger partial charge in [-0.15, -0.1) is 0 Å². The zero-order valence-electron chi connectivity index (χ0n) is 10.1. The largest absolute Gasteiger partial charge is 0.461 e. The average molecular weight is 231 g/mol. The maximum absolute atomic E-state index is 11.5. The van der Waals surface area contributed by atoms with Crippen molar-refractivity contribution in [3.63, 3.8) is 0 Å². The molecule has 5 heteroatoms. The van der Waals surface area contributed by atoms with Gasteiger partial charge >= 0.3 is 5.97 Å². The first-order valence-corrected chi connectivity index (χ1v) is 5.69. The van der Waals surface area contributed by atoms with Crippen LogP contribution in [0.5, 0.6) is 0 Å². The first kappa shape index (κ1) is 13.4. The summed E-state index contributed by atoms with van der Waals surface area (Å²) < 4.78 is 10.8. The van der Waals surface area contributed by atoms with Gasteiger partial charge in [0.15, 0.2) is 0 Å². The smallest absolute Gasteiger partial charge is 0.325 e. The van der Waals surface area contributed by atoms with Gasteiger partial charge in [0.05, 0.1) is 18.3 Å². The Morgan fingerprint density at radius 1 is 1.44 bits per heavy atom. The molecule has 0 radical (unpaired) electrons. The van der Waals surface area contributed by atoms with Gasteiger partial charge < -0.3 is 20.3 Å². The van der Waals surface area contributed by atoms with E-state index in [-0.39, 0.29) is 18.3 Å². The van der Waals surface area contributed by atoms with Crippen molar-refractivity contribution >= 4 is 5.97 Å². The summed E-state index contributed by atoms with van der Waals surface area (Å²) in [5.41, 5.74) is 5.49. The van der Waals surface area contributed by atoms with Crippen LogP contribution in [0.25, 0.3) is 0 Å². The van der Waals surface area contributed by atoms with E-state index >= 15 is 0 Å². The number of aliphatic hydroxyl groups is 1.